The number of fused-ring (bicyclic) bond motifs is 3. The Labute approximate surface area is 93.8 Å². The molecule has 1 fully saturated rings. The average Bonchev–Trinajstić information content (AvgIpc) is 2.66. The van der Waals surface area contributed by atoms with Crippen LogP contribution < -0.4 is 5.32 Å². The smallest absolute Gasteiger partial charge is 0.320 e. The summed E-state index contributed by atoms with van der Waals surface area (Å²) in [5, 5.41) is 12.1. The highest BCUT2D eigenvalue weighted by molar-refractivity contribution is 6.01. The summed E-state index contributed by atoms with van der Waals surface area (Å²) in [6.07, 6.45) is 8.89. The first-order valence-electron chi connectivity index (χ1n) is 5.64. The van der Waals surface area contributed by atoms with E-state index in [1.807, 2.05) is 18.2 Å². The third-order valence-corrected chi connectivity index (χ3v) is 3.69. The maximum Gasteiger partial charge on any atom is 0.320 e. The van der Waals surface area contributed by atoms with Crippen LogP contribution in [0.4, 0.5) is 0 Å². The lowest BCUT2D eigenvalue weighted by Gasteiger charge is -2.32. The van der Waals surface area contributed by atoms with Gasteiger partial charge >= 0.3 is 5.97 Å². The number of piperidine rings is 1. The number of hydrogen-bond acceptors (Lipinski definition) is 3. The third kappa shape index (κ3) is 1.41. The number of nitrogens with zero attached hydrogens (tertiary/aromatic N) is 1. The normalized spacial score (nSPS) is 40.1. The molecule has 0 bridgehead atoms. The summed E-state index contributed by atoms with van der Waals surface area (Å²) in [4.78, 5) is 15.6. The van der Waals surface area contributed by atoms with Gasteiger partial charge in [-0.05, 0) is 18.4 Å². The van der Waals surface area contributed by atoms with Gasteiger partial charge in [-0.3, -0.25) is 9.79 Å². The molecule has 4 unspecified atom stereocenters. The Morgan fingerprint density at radius 2 is 2.38 bits per heavy atom. The van der Waals surface area contributed by atoms with Crippen molar-refractivity contribution in [3.8, 4) is 0 Å². The average molecular weight is 218 g/mol. The molecule has 2 heterocycles. The number of aliphatic carboxylic acids is 1. The molecule has 0 aromatic rings. The summed E-state index contributed by atoms with van der Waals surface area (Å²) in [6.45, 7) is 0.684. The van der Waals surface area contributed by atoms with Gasteiger partial charge in [0.15, 0.2) is 0 Å². The molecular weight excluding hydrogens is 204 g/mol. The van der Waals surface area contributed by atoms with Gasteiger partial charge < -0.3 is 10.4 Å². The molecule has 0 amide bonds. The largest absolute Gasteiger partial charge is 0.480 e. The fraction of sp³-hybridized carbons (Fsp3) is 0.500. The van der Waals surface area contributed by atoms with Crippen molar-refractivity contribution in [3.05, 3.63) is 24.3 Å². The van der Waals surface area contributed by atoms with E-state index >= 15 is 0 Å². The van der Waals surface area contributed by atoms with Crippen molar-refractivity contribution in [1.82, 2.24) is 5.32 Å². The number of carbonyl (C=O) groups is 1. The highest BCUT2D eigenvalue weighted by Crippen LogP contribution is 2.36. The molecule has 2 aliphatic heterocycles. The topological polar surface area (TPSA) is 61.7 Å². The lowest BCUT2D eigenvalue weighted by molar-refractivity contribution is -0.140. The molecule has 0 spiro atoms. The van der Waals surface area contributed by atoms with Crippen molar-refractivity contribution < 1.29 is 9.90 Å². The van der Waals surface area contributed by atoms with E-state index in [1.54, 1.807) is 0 Å². The molecule has 1 saturated heterocycles. The number of carboxylic acid groups (broad SMARTS) is 1. The zero-order valence-corrected chi connectivity index (χ0v) is 8.84. The SMILES string of the molecule is O=C(O)C1CC2C(CN1)N=C1C=CC=CC12. The summed E-state index contributed by atoms with van der Waals surface area (Å²) in [7, 11) is 0. The van der Waals surface area contributed by atoms with E-state index in [0.29, 0.717) is 24.8 Å². The van der Waals surface area contributed by atoms with Gasteiger partial charge in [-0.25, -0.2) is 0 Å². The number of carboxylic acids is 1. The Morgan fingerprint density at radius 1 is 1.50 bits per heavy atom. The van der Waals surface area contributed by atoms with E-state index in [1.165, 1.54) is 0 Å². The third-order valence-electron chi connectivity index (χ3n) is 3.69. The first-order chi connectivity index (χ1) is 7.75. The molecule has 3 rings (SSSR count). The van der Waals surface area contributed by atoms with E-state index < -0.39 is 12.0 Å². The van der Waals surface area contributed by atoms with Crippen molar-refractivity contribution in [1.29, 1.82) is 0 Å². The van der Waals surface area contributed by atoms with Crippen LogP contribution in [0, 0.1) is 11.8 Å². The van der Waals surface area contributed by atoms with E-state index in [-0.39, 0.29) is 6.04 Å². The van der Waals surface area contributed by atoms with Gasteiger partial charge in [0, 0.05) is 18.2 Å². The van der Waals surface area contributed by atoms with Crippen LogP contribution in [-0.4, -0.2) is 35.4 Å². The van der Waals surface area contributed by atoms with Crippen LogP contribution in [-0.2, 0) is 4.79 Å². The summed E-state index contributed by atoms with van der Waals surface area (Å²) >= 11 is 0. The Kier molecular flexibility index (Phi) is 2.17. The van der Waals surface area contributed by atoms with Crippen LogP contribution in [0.2, 0.25) is 0 Å². The van der Waals surface area contributed by atoms with Crippen LogP contribution in [0.3, 0.4) is 0 Å². The number of rotatable bonds is 1. The van der Waals surface area contributed by atoms with Crippen molar-refractivity contribution in [2.24, 2.45) is 16.8 Å². The van der Waals surface area contributed by atoms with Crippen molar-refractivity contribution in [2.75, 3.05) is 6.54 Å². The first kappa shape index (κ1) is 9.78. The van der Waals surface area contributed by atoms with E-state index in [2.05, 4.69) is 16.4 Å². The highest BCUT2D eigenvalue weighted by atomic mass is 16.4. The summed E-state index contributed by atoms with van der Waals surface area (Å²) < 4.78 is 0. The monoisotopic (exact) mass is 218 g/mol. The Morgan fingerprint density at radius 3 is 3.19 bits per heavy atom. The Bertz CT molecular complexity index is 411. The van der Waals surface area contributed by atoms with Crippen molar-refractivity contribution >= 4 is 11.7 Å². The number of allylic oxidation sites excluding steroid dienone is 4. The minimum absolute atomic E-state index is 0.253. The van der Waals surface area contributed by atoms with Crippen molar-refractivity contribution in [3.63, 3.8) is 0 Å². The second-order valence-electron chi connectivity index (χ2n) is 4.59. The van der Waals surface area contributed by atoms with Gasteiger partial charge in [0.05, 0.1) is 6.04 Å². The van der Waals surface area contributed by atoms with E-state index in [4.69, 9.17) is 5.11 Å². The maximum absolute atomic E-state index is 11.0. The summed E-state index contributed by atoms with van der Waals surface area (Å²) in [6, 6.07) is -0.155. The number of nitrogens with one attached hydrogen (secondary N) is 1. The highest BCUT2D eigenvalue weighted by Gasteiger charge is 2.42. The van der Waals surface area contributed by atoms with Gasteiger partial charge in [0.25, 0.3) is 0 Å². The lowest BCUT2D eigenvalue weighted by Crippen LogP contribution is -2.49. The second kappa shape index (κ2) is 3.56. The predicted octanol–water partition coefficient (Wildman–Crippen LogP) is 0.615. The zero-order valence-electron chi connectivity index (χ0n) is 8.84. The molecule has 1 aliphatic carbocycles. The van der Waals surface area contributed by atoms with Crippen LogP contribution in [0.25, 0.3) is 0 Å². The van der Waals surface area contributed by atoms with Crippen molar-refractivity contribution in [2.45, 2.75) is 18.5 Å². The molecule has 2 N–H and O–H groups in total. The lowest BCUT2D eigenvalue weighted by atomic mass is 9.78. The van der Waals surface area contributed by atoms with E-state index in [0.717, 1.165) is 5.71 Å². The maximum atomic E-state index is 11.0. The zero-order chi connectivity index (χ0) is 11.1. The van der Waals surface area contributed by atoms with Crippen LogP contribution in [0.15, 0.2) is 29.3 Å². The molecule has 4 atom stereocenters. The molecular formula is C12H14N2O2. The predicted molar refractivity (Wildman–Crippen MR) is 60.5 cm³/mol. The van der Waals surface area contributed by atoms with Crippen LogP contribution in [0.5, 0.6) is 0 Å². The fourth-order valence-corrected chi connectivity index (χ4v) is 2.87. The standard InChI is InChI=1S/C12H14N2O2/c15-12(16)10-5-8-7-3-1-2-4-9(7)14-11(8)6-13-10/h1-4,7-8,10-11,13H,5-6H2,(H,15,16). The van der Waals surface area contributed by atoms with Gasteiger partial charge in [0.2, 0.25) is 0 Å². The van der Waals surface area contributed by atoms with Gasteiger partial charge in [-0.2, -0.15) is 0 Å². The molecule has 4 nitrogen and oxygen atoms in total. The van der Waals surface area contributed by atoms with Gasteiger partial charge in [-0.15, -0.1) is 0 Å². The molecule has 3 aliphatic rings. The van der Waals surface area contributed by atoms with Crippen LogP contribution >= 0.6 is 0 Å². The Hall–Kier alpha value is -1.42. The van der Waals surface area contributed by atoms with Crippen LogP contribution in [0.1, 0.15) is 6.42 Å². The van der Waals surface area contributed by atoms with Gasteiger partial charge in [0.1, 0.15) is 6.04 Å². The summed E-state index contributed by atoms with van der Waals surface area (Å²) in [5.74, 6) is -0.0558. The summed E-state index contributed by atoms with van der Waals surface area (Å²) in [5.41, 5.74) is 1.12. The molecule has 0 radical (unpaired) electrons. The number of aliphatic imine (C=N–C) groups is 1. The number of hydrogen-bond donors (Lipinski definition) is 2. The quantitative estimate of drug-likeness (QED) is 0.678. The second-order valence-corrected chi connectivity index (χ2v) is 4.59. The first-order valence-corrected chi connectivity index (χ1v) is 5.64. The van der Waals surface area contributed by atoms with E-state index in [9.17, 15) is 4.79 Å². The molecule has 0 aromatic carbocycles. The molecule has 16 heavy (non-hydrogen) atoms. The molecule has 4 heteroatoms. The molecule has 84 valence electrons. The minimum atomic E-state index is -0.748. The molecule has 0 aromatic heterocycles. The fourth-order valence-electron chi connectivity index (χ4n) is 2.87. The molecule has 0 saturated carbocycles. The Balaban J connectivity index is 1.82. The van der Waals surface area contributed by atoms with Gasteiger partial charge in [-0.1, -0.05) is 18.2 Å². The minimum Gasteiger partial charge on any atom is -0.480 e.